The van der Waals surface area contributed by atoms with Crippen LogP contribution in [0, 0.1) is 0 Å². The molecular formula is C16H23N3O3. The van der Waals surface area contributed by atoms with Gasteiger partial charge in [-0.2, -0.15) is 0 Å². The lowest BCUT2D eigenvalue weighted by Crippen LogP contribution is -2.32. The van der Waals surface area contributed by atoms with Crippen molar-refractivity contribution in [2.24, 2.45) is 0 Å². The van der Waals surface area contributed by atoms with Crippen molar-refractivity contribution in [3.8, 4) is 0 Å². The van der Waals surface area contributed by atoms with E-state index in [4.69, 9.17) is 4.74 Å². The lowest BCUT2D eigenvalue weighted by molar-refractivity contribution is -0.115. The van der Waals surface area contributed by atoms with Gasteiger partial charge >= 0.3 is 0 Å². The Hall–Kier alpha value is -1.92. The molecule has 1 heterocycles. The average molecular weight is 305 g/mol. The molecular weight excluding hydrogens is 282 g/mol. The highest BCUT2D eigenvalue weighted by Gasteiger charge is 2.22. The van der Waals surface area contributed by atoms with Gasteiger partial charge in [0.25, 0.3) is 5.91 Å². The van der Waals surface area contributed by atoms with Gasteiger partial charge in [0.2, 0.25) is 5.91 Å². The Bertz CT molecular complexity index is 513. The maximum absolute atomic E-state index is 12.5. The van der Waals surface area contributed by atoms with E-state index in [1.807, 2.05) is 17.0 Å². The van der Waals surface area contributed by atoms with Crippen LogP contribution in [0.3, 0.4) is 0 Å². The van der Waals surface area contributed by atoms with Gasteiger partial charge in [-0.15, -0.1) is 0 Å². The van der Waals surface area contributed by atoms with Crippen LogP contribution in [0.5, 0.6) is 0 Å². The molecule has 1 saturated heterocycles. The summed E-state index contributed by atoms with van der Waals surface area (Å²) in [5.41, 5.74) is 1.12. The highest BCUT2D eigenvalue weighted by molar-refractivity contribution is 6.04. The van der Waals surface area contributed by atoms with Gasteiger partial charge in [0, 0.05) is 26.7 Å². The number of hydrogen-bond acceptors (Lipinski definition) is 4. The van der Waals surface area contributed by atoms with Gasteiger partial charge < -0.3 is 20.3 Å². The summed E-state index contributed by atoms with van der Waals surface area (Å²) < 4.78 is 4.91. The highest BCUT2D eigenvalue weighted by Crippen LogP contribution is 2.19. The first-order valence-electron chi connectivity index (χ1n) is 7.60. The van der Waals surface area contributed by atoms with Crippen molar-refractivity contribution in [1.29, 1.82) is 0 Å². The molecule has 1 fully saturated rings. The topological polar surface area (TPSA) is 70.7 Å². The third kappa shape index (κ3) is 4.54. The number of amides is 2. The molecule has 0 aromatic heterocycles. The van der Waals surface area contributed by atoms with Crippen LogP contribution in [-0.4, -0.2) is 56.6 Å². The van der Waals surface area contributed by atoms with Crippen molar-refractivity contribution in [1.82, 2.24) is 10.2 Å². The van der Waals surface area contributed by atoms with E-state index in [1.54, 1.807) is 19.2 Å². The fourth-order valence-corrected chi connectivity index (χ4v) is 2.44. The first kappa shape index (κ1) is 16.5. The maximum Gasteiger partial charge on any atom is 0.255 e. The van der Waals surface area contributed by atoms with E-state index in [1.165, 1.54) is 0 Å². The number of rotatable bonds is 7. The number of methoxy groups -OCH3 is 1. The van der Waals surface area contributed by atoms with Crippen LogP contribution in [0.25, 0.3) is 0 Å². The van der Waals surface area contributed by atoms with Crippen LogP contribution < -0.4 is 10.6 Å². The van der Waals surface area contributed by atoms with E-state index in [0.717, 1.165) is 25.9 Å². The molecule has 0 aliphatic carbocycles. The number of carbonyl (C=O) groups excluding carboxylic acids is 2. The van der Waals surface area contributed by atoms with E-state index < -0.39 is 0 Å². The number of hydrogen-bond donors (Lipinski definition) is 2. The number of ether oxygens (including phenoxy) is 1. The van der Waals surface area contributed by atoms with Gasteiger partial charge in [0.1, 0.15) is 0 Å². The second-order valence-corrected chi connectivity index (χ2v) is 5.26. The second kappa shape index (κ2) is 8.51. The van der Waals surface area contributed by atoms with Crippen molar-refractivity contribution >= 4 is 17.5 Å². The molecule has 1 aromatic rings. The average Bonchev–Trinajstić information content (AvgIpc) is 3.06. The Morgan fingerprint density at radius 2 is 1.95 bits per heavy atom. The summed E-state index contributed by atoms with van der Waals surface area (Å²) in [6.45, 7) is 2.94. The number of benzene rings is 1. The standard InChI is InChI=1S/C16H23N3O3/c1-22-11-8-17-12-15(20)18-14-7-3-2-6-13(14)16(21)19-9-4-5-10-19/h2-3,6-7,17H,4-5,8-12H2,1H3,(H,18,20). The molecule has 0 atom stereocenters. The lowest BCUT2D eigenvalue weighted by Gasteiger charge is -2.18. The molecule has 0 bridgehead atoms. The lowest BCUT2D eigenvalue weighted by atomic mass is 10.1. The Labute approximate surface area is 130 Å². The number of nitrogens with zero attached hydrogens (tertiary/aromatic N) is 1. The molecule has 2 rings (SSSR count). The summed E-state index contributed by atoms with van der Waals surface area (Å²) in [6, 6.07) is 7.15. The smallest absolute Gasteiger partial charge is 0.255 e. The quantitative estimate of drug-likeness (QED) is 0.740. The number of nitrogens with one attached hydrogen (secondary N) is 2. The minimum atomic E-state index is -0.169. The number of para-hydroxylation sites is 1. The fraction of sp³-hybridized carbons (Fsp3) is 0.500. The van der Waals surface area contributed by atoms with E-state index in [2.05, 4.69) is 10.6 Å². The normalized spacial score (nSPS) is 14.1. The molecule has 0 radical (unpaired) electrons. The van der Waals surface area contributed by atoms with Crippen molar-refractivity contribution < 1.29 is 14.3 Å². The Morgan fingerprint density at radius 1 is 1.23 bits per heavy atom. The van der Waals surface area contributed by atoms with Crippen molar-refractivity contribution in [3.05, 3.63) is 29.8 Å². The van der Waals surface area contributed by atoms with Crippen molar-refractivity contribution in [2.45, 2.75) is 12.8 Å². The molecule has 2 amide bonds. The summed E-state index contributed by atoms with van der Waals surface area (Å²) >= 11 is 0. The van der Waals surface area contributed by atoms with E-state index in [0.29, 0.717) is 24.4 Å². The summed E-state index contributed by atoms with van der Waals surface area (Å²) in [7, 11) is 1.61. The number of likely N-dealkylation sites (tertiary alicyclic amines) is 1. The van der Waals surface area contributed by atoms with Crippen molar-refractivity contribution in [2.75, 3.05) is 45.2 Å². The third-order valence-electron chi connectivity index (χ3n) is 3.59. The zero-order chi connectivity index (χ0) is 15.8. The first-order valence-corrected chi connectivity index (χ1v) is 7.60. The molecule has 120 valence electrons. The van der Waals surface area contributed by atoms with Crippen LogP contribution in [0.2, 0.25) is 0 Å². The fourth-order valence-electron chi connectivity index (χ4n) is 2.44. The largest absolute Gasteiger partial charge is 0.383 e. The van der Waals surface area contributed by atoms with Crippen LogP contribution >= 0.6 is 0 Å². The minimum Gasteiger partial charge on any atom is -0.383 e. The van der Waals surface area contributed by atoms with Gasteiger partial charge in [-0.25, -0.2) is 0 Å². The van der Waals surface area contributed by atoms with E-state index >= 15 is 0 Å². The molecule has 1 aromatic carbocycles. The minimum absolute atomic E-state index is 0.0132. The molecule has 0 unspecified atom stereocenters. The van der Waals surface area contributed by atoms with Crippen LogP contribution in [0.1, 0.15) is 23.2 Å². The Kier molecular flexibility index (Phi) is 6.36. The molecule has 2 N–H and O–H groups in total. The predicted molar refractivity (Wildman–Crippen MR) is 85.0 cm³/mol. The van der Waals surface area contributed by atoms with Gasteiger partial charge in [0.05, 0.1) is 24.4 Å². The monoisotopic (exact) mass is 305 g/mol. The van der Waals surface area contributed by atoms with Gasteiger partial charge in [0.15, 0.2) is 0 Å². The Morgan fingerprint density at radius 3 is 2.68 bits per heavy atom. The molecule has 1 aliphatic rings. The zero-order valence-corrected chi connectivity index (χ0v) is 12.9. The number of anilines is 1. The Balaban J connectivity index is 1.95. The zero-order valence-electron chi connectivity index (χ0n) is 12.9. The molecule has 22 heavy (non-hydrogen) atoms. The van der Waals surface area contributed by atoms with Crippen LogP contribution in [-0.2, 0) is 9.53 Å². The van der Waals surface area contributed by atoms with Gasteiger partial charge in [-0.1, -0.05) is 12.1 Å². The molecule has 1 aliphatic heterocycles. The van der Waals surface area contributed by atoms with E-state index in [-0.39, 0.29) is 18.4 Å². The van der Waals surface area contributed by atoms with Gasteiger partial charge in [-0.05, 0) is 25.0 Å². The predicted octanol–water partition coefficient (Wildman–Crippen LogP) is 1.10. The molecule has 6 heteroatoms. The summed E-state index contributed by atoms with van der Waals surface area (Å²) in [4.78, 5) is 26.3. The molecule has 6 nitrogen and oxygen atoms in total. The highest BCUT2D eigenvalue weighted by atomic mass is 16.5. The number of carbonyl (C=O) groups is 2. The molecule has 0 spiro atoms. The first-order chi connectivity index (χ1) is 10.7. The third-order valence-corrected chi connectivity index (χ3v) is 3.59. The summed E-state index contributed by atoms with van der Waals surface area (Å²) in [6.07, 6.45) is 2.09. The maximum atomic E-state index is 12.5. The van der Waals surface area contributed by atoms with Crippen LogP contribution in [0.4, 0.5) is 5.69 Å². The second-order valence-electron chi connectivity index (χ2n) is 5.26. The SMILES string of the molecule is COCCNCC(=O)Nc1ccccc1C(=O)N1CCCC1. The molecule has 0 saturated carbocycles. The summed E-state index contributed by atoms with van der Waals surface area (Å²) in [5, 5.41) is 5.78. The van der Waals surface area contributed by atoms with E-state index in [9.17, 15) is 9.59 Å². The van der Waals surface area contributed by atoms with Gasteiger partial charge in [-0.3, -0.25) is 9.59 Å². The van der Waals surface area contributed by atoms with Crippen molar-refractivity contribution in [3.63, 3.8) is 0 Å². The van der Waals surface area contributed by atoms with Crippen LogP contribution in [0.15, 0.2) is 24.3 Å². The summed E-state index contributed by atoms with van der Waals surface area (Å²) in [5.74, 6) is -0.182.